The Hall–Kier alpha value is -0.0400. The maximum Gasteiger partial charge on any atom is 0.0462 e. The first-order valence-electron chi connectivity index (χ1n) is 5.52. The molecule has 0 amide bonds. The zero-order valence-electron chi connectivity index (χ0n) is 7.84. The van der Waals surface area contributed by atoms with Gasteiger partial charge >= 0.3 is 0 Å². The van der Waals surface area contributed by atoms with Crippen molar-refractivity contribution in [3.8, 4) is 0 Å². The molecule has 2 aliphatic carbocycles. The summed E-state index contributed by atoms with van der Waals surface area (Å²) in [6.45, 7) is 0.446. The third-order valence-electron chi connectivity index (χ3n) is 3.96. The van der Waals surface area contributed by atoms with Crippen molar-refractivity contribution in [2.75, 3.05) is 6.61 Å². The molecule has 1 N–H and O–H groups in total. The Morgan fingerprint density at radius 2 is 1.67 bits per heavy atom. The summed E-state index contributed by atoms with van der Waals surface area (Å²) in [7, 11) is 0. The second-order valence-electron chi connectivity index (χ2n) is 4.58. The summed E-state index contributed by atoms with van der Waals surface area (Å²) in [5.74, 6) is 2.52. The Bertz CT molecular complexity index is 135. The summed E-state index contributed by atoms with van der Waals surface area (Å²) in [5.41, 5.74) is 0. The first-order chi connectivity index (χ1) is 5.92. The van der Waals surface area contributed by atoms with E-state index in [0.29, 0.717) is 12.5 Å². The Kier molecular flexibility index (Phi) is 2.69. The molecule has 2 saturated carbocycles. The SMILES string of the molecule is OC[C@@H]1CCCC2CCCCC21. The monoisotopic (exact) mass is 168 g/mol. The average Bonchev–Trinajstić information content (AvgIpc) is 2.17. The number of aliphatic hydroxyl groups excluding tert-OH is 1. The van der Waals surface area contributed by atoms with Gasteiger partial charge in [0.2, 0.25) is 0 Å². The van der Waals surface area contributed by atoms with Gasteiger partial charge in [-0.15, -0.1) is 0 Å². The van der Waals surface area contributed by atoms with Gasteiger partial charge in [0.05, 0.1) is 0 Å². The van der Waals surface area contributed by atoms with Crippen LogP contribution in [0, 0.1) is 17.8 Å². The maximum atomic E-state index is 9.23. The highest BCUT2D eigenvalue weighted by Crippen LogP contribution is 2.43. The first-order valence-corrected chi connectivity index (χ1v) is 5.52. The van der Waals surface area contributed by atoms with Crippen molar-refractivity contribution in [2.24, 2.45) is 17.8 Å². The highest BCUT2D eigenvalue weighted by atomic mass is 16.3. The van der Waals surface area contributed by atoms with Crippen molar-refractivity contribution in [3.05, 3.63) is 0 Å². The van der Waals surface area contributed by atoms with E-state index in [2.05, 4.69) is 0 Å². The lowest BCUT2D eigenvalue weighted by atomic mass is 9.66. The van der Waals surface area contributed by atoms with Crippen LogP contribution in [-0.2, 0) is 0 Å². The van der Waals surface area contributed by atoms with Crippen LogP contribution in [0.1, 0.15) is 44.9 Å². The van der Waals surface area contributed by atoms with E-state index in [0.717, 1.165) is 11.8 Å². The zero-order chi connectivity index (χ0) is 8.39. The number of fused-ring (bicyclic) bond motifs is 1. The molecule has 12 heavy (non-hydrogen) atoms. The van der Waals surface area contributed by atoms with E-state index >= 15 is 0 Å². The molecule has 0 aromatic heterocycles. The van der Waals surface area contributed by atoms with Crippen LogP contribution in [0.25, 0.3) is 0 Å². The Morgan fingerprint density at radius 1 is 0.917 bits per heavy atom. The molecule has 0 aromatic carbocycles. The summed E-state index contributed by atoms with van der Waals surface area (Å²) in [6, 6.07) is 0. The molecular weight excluding hydrogens is 148 g/mol. The highest BCUT2D eigenvalue weighted by Gasteiger charge is 2.33. The van der Waals surface area contributed by atoms with Crippen molar-refractivity contribution >= 4 is 0 Å². The molecule has 0 aromatic rings. The van der Waals surface area contributed by atoms with Crippen molar-refractivity contribution in [1.29, 1.82) is 0 Å². The van der Waals surface area contributed by atoms with Crippen molar-refractivity contribution < 1.29 is 5.11 Å². The molecule has 2 rings (SSSR count). The summed E-state index contributed by atoms with van der Waals surface area (Å²) < 4.78 is 0. The van der Waals surface area contributed by atoms with Crippen LogP contribution in [-0.4, -0.2) is 11.7 Å². The smallest absolute Gasteiger partial charge is 0.0462 e. The number of hydrogen-bond acceptors (Lipinski definition) is 1. The second-order valence-corrected chi connectivity index (χ2v) is 4.58. The molecule has 0 saturated heterocycles. The maximum absolute atomic E-state index is 9.23. The van der Waals surface area contributed by atoms with Gasteiger partial charge in [-0.1, -0.05) is 32.1 Å². The van der Waals surface area contributed by atoms with Crippen molar-refractivity contribution in [2.45, 2.75) is 44.9 Å². The van der Waals surface area contributed by atoms with Crippen LogP contribution >= 0.6 is 0 Å². The lowest BCUT2D eigenvalue weighted by Crippen LogP contribution is -2.32. The third-order valence-corrected chi connectivity index (χ3v) is 3.96. The standard InChI is InChI=1S/C11H20O/c12-8-10-6-3-5-9-4-1-2-7-11(9)10/h9-12H,1-8H2/t9?,10-,11?/m0/s1. The van der Waals surface area contributed by atoms with E-state index in [1.165, 1.54) is 44.9 Å². The molecule has 1 nitrogen and oxygen atoms in total. The molecule has 2 unspecified atom stereocenters. The number of aliphatic hydroxyl groups is 1. The molecule has 2 aliphatic rings. The van der Waals surface area contributed by atoms with Crippen LogP contribution < -0.4 is 0 Å². The van der Waals surface area contributed by atoms with Crippen molar-refractivity contribution in [1.82, 2.24) is 0 Å². The van der Waals surface area contributed by atoms with Crippen LogP contribution in [0.15, 0.2) is 0 Å². The topological polar surface area (TPSA) is 20.2 Å². The number of hydrogen-bond donors (Lipinski definition) is 1. The predicted molar refractivity (Wildman–Crippen MR) is 49.9 cm³/mol. The summed E-state index contributed by atoms with van der Waals surface area (Å²) in [5, 5.41) is 9.23. The van der Waals surface area contributed by atoms with Gasteiger partial charge in [-0.3, -0.25) is 0 Å². The summed E-state index contributed by atoms with van der Waals surface area (Å²) in [4.78, 5) is 0. The fourth-order valence-electron chi connectivity index (χ4n) is 3.30. The largest absolute Gasteiger partial charge is 0.396 e. The van der Waals surface area contributed by atoms with E-state index in [-0.39, 0.29) is 0 Å². The van der Waals surface area contributed by atoms with Gasteiger partial charge in [-0.2, -0.15) is 0 Å². The molecule has 2 fully saturated rings. The molecule has 70 valence electrons. The van der Waals surface area contributed by atoms with Crippen LogP contribution in [0.2, 0.25) is 0 Å². The van der Waals surface area contributed by atoms with Gasteiger partial charge in [0.25, 0.3) is 0 Å². The molecular formula is C11H20O. The molecule has 3 atom stereocenters. The van der Waals surface area contributed by atoms with Crippen LogP contribution in [0.3, 0.4) is 0 Å². The highest BCUT2D eigenvalue weighted by molar-refractivity contribution is 4.84. The quantitative estimate of drug-likeness (QED) is 0.638. The minimum Gasteiger partial charge on any atom is -0.396 e. The molecule has 0 radical (unpaired) electrons. The van der Waals surface area contributed by atoms with Gasteiger partial charge in [0.15, 0.2) is 0 Å². The molecule has 0 aliphatic heterocycles. The molecule has 0 heterocycles. The fourth-order valence-corrected chi connectivity index (χ4v) is 3.30. The lowest BCUT2D eigenvalue weighted by molar-refractivity contribution is 0.0602. The number of rotatable bonds is 1. The normalized spacial score (nSPS) is 42.2. The van der Waals surface area contributed by atoms with E-state index in [1.807, 2.05) is 0 Å². The Morgan fingerprint density at radius 3 is 2.50 bits per heavy atom. The predicted octanol–water partition coefficient (Wildman–Crippen LogP) is 2.59. The summed E-state index contributed by atoms with van der Waals surface area (Å²) >= 11 is 0. The first kappa shape index (κ1) is 8.55. The van der Waals surface area contributed by atoms with Crippen molar-refractivity contribution in [3.63, 3.8) is 0 Å². The minimum atomic E-state index is 0.446. The van der Waals surface area contributed by atoms with E-state index in [4.69, 9.17) is 0 Å². The van der Waals surface area contributed by atoms with Gasteiger partial charge < -0.3 is 5.11 Å². The van der Waals surface area contributed by atoms with Gasteiger partial charge in [0, 0.05) is 6.61 Å². The zero-order valence-corrected chi connectivity index (χ0v) is 7.84. The lowest BCUT2D eigenvalue weighted by Gasteiger charge is -2.40. The average molecular weight is 168 g/mol. The third kappa shape index (κ3) is 1.52. The fraction of sp³-hybridized carbons (Fsp3) is 1.00. The Labute approximate surface area is 75.2 Å². The van der Waals surface area contributed by atoms with Gasteiger partial charge in [-0.05, 0) is 30.6 Å². The molecule has 0 bridgehead atoms. The van der Waals surface area contributed by atoms with Gasteiger partial charge in [0.1, 0.15) is 0 Å². The second kappa shape index (κ2) is 3.78. The van der Waals surface area contributed by atoms with Crippen LogP contribution in [0.4, 0.5) is 0 Å². The van der Waals surface area contributed by atoms with Crippen LogP contribution in [0.5, 0.6) is 0 Å². The Balaban J connectivity index is 1.99. The molecule has 1 heteroatoms. The molecule has 0 spiro atoms. The van der Waals surface area contributed by atoms with Gasteiger partial charge in [-0.25, -0.2) is 0 Å². The minimum absolute atomic E-state index is 0.446. The summed E-state index contributed by atoms with van der Waals surface area (Å²) in [6.07, 6.45) is 9.80. The van der Waals surface area contributed by atoms with E-state index in [1.54, 1.807) is 0 Å². The van der Waals surface area contributed by atoms with E-state index < -0.39 is 0 Å². The van der Waals surface area contributed by atoms with E-state index in [9.17, 15) is 5.11 Å².